The highest BCUT2D eigenvalue weighted by atomic mass is 35.5. The fraction of sp³-hybridized carbons (Fsp3) is 0.217. The molecule has 0 radical (unpaired) electrons. The number of ether oxygens (including phenoxy) is 2. The van der Waals surface area contributed by atoms with Crippen LogP contribution in [0.25, 0.3) is 0 Å². The average Bonchev–Trinajstić information content (AvgIpc) is 2.73. The van der Waals surface area contributed by atoms with Gasteiger partial charge in [0.05, 0.1) is 10.9 Å². The zero-order chi connectivity index (χ0) is 21.3. The molecule has 2 aliphatic rings. The van der Waals surface area contributed by atoms with Crippen LogP contribution in [-0.2, 0) is 16.1 Å². The maximum Gasteiger partial charge on any atom is 0.205 e. The molecule has 0 saturated carbocycles. The van der Waals surface area contributed by atoms with Crippen molar-refractivity contribution in [2.75, 3.05) is 0 Å². The van der Waals surface area contributed by atoms with Gasteiger partial charge in [0.1, 0.15) is 29.8 Å². The molecule has 0 amide bonds. The van der Waals surface area contributed by atoms with Crippen LogP contribution in [0, 0.1) is 11.3 Å². The lowest BCUT2D eigenvalue weighted by atomic mass is 9.77. The number of allylic oxidation sites excluding steroid dienone is 3. The van der Waals surface area contributed by atoms with Gasteiger partial charge in [0, 0.05) is 29.0 Å². The Kier molecular flexibility index (Phi) is 5.72. The summed E-state index contributed by atoms with van der Waals surface area (Å²) in [6.07, 6.45) is 1.74. The van der Waals surface area contributed by atoms with Crippen molar-refractivity contribution in [3.63, 3.8) is 0 Å². The van der Waals surface area contributed by atoms with E-state index in [1.54, 1.807) is 24.3 Å². The fourth-order valence-electron chi connectivity index (χ4n) is 3.77. The number of nitrogens with zero attached hydrogens (tertiary/aromatic N) is 1. The van der Waals surface area contributed by atoms with Crippen molar-refractivity contribution in [2.24, 2.45) is 5.73 Å². The summed E-state index contributed by atoms with van der Waals surface area (Å²) in [4.78, 5) is 12.6. The van der Waals surface area contributed by atoms with Crippen molar-refractivity contribution in [2.45, 2.75) is 31.8 Å². The van der Waals surface area contributed by atoms with E-state index in [0.717, 1.165) is 5.56 Å². The first-order valence-electron chi connectivity index (χ1n) is 9.49. The van der Waals surface area contributed by atoms with E-state index in [9.17, 15) is 10.1 Å². The van der Waals surface area contributed by atoms with Gasteiger partial charge in [0.15, 0.2) is 5.78 Å². The number of Topliss-reactive ketones (excluding diaryl/α,β-unsaturated/α-hetero) is 1. The minimum absolute atomic E-state index is 0.0309. The number of carbonyl (C=O) groups is 1. The van der Waals surface area contributed by atoms with E-state index >= 15 is 0 Å². The molecular formula is C23H18Cl2N2O3. The molecule has 0 unspecified atom stereocenters. The molecule has 1 heterocycles. The normalized spacial score (nSPS) is 18.6. The van der Waals surface area contributed by atoms with E-state index in [0.29, 0.717) is 52.0 Å². The first-order valence-corrected chi connectivity index (χ1v) is 10.2. The molecule has 5 nitrogen and oxygen atoms in total. The van der Waals surface area contributed by atoms with Crippen molar-refractivity contribution in [3.05, 3.63) is 86.4 Å². The second-order valence-electron chi connectivity index (χ2n) is 7.11. The number of rotatable bonds is 4. The Hall–Kier alpha value is -2.94. The summed E-state index contributed by atoms with van der Waals surface area (Å²) in [5.74, 6) is 0.430. The zero-order valence-corrected chi connectivity index (χ0v) is 17.5. The summed E-state index contributed by atoms with van der Waals surface area (Å²) >= 11 is 12.6. The molecule has 1 aliphatic heterocycles. The van der Waals surface area contributed by atoms with E-state index in [2.05, 4.69) is 6.07 Å². The molecule has 7 heteroatoms. The molecule has 30 heavy (non-hydrogen) atoms. The highest BCUT2D eigenvalue weighted by Crippen LogP contribution is 2.44. The first kappa shape index (κ1) is 20.3. The lowest BCUT2D eigenvalue weighted by Crippen LogP contribution is -2.27. The van der Waals surface area contributed by atoms with E-state index in [1.165, 1.54) is 0 Å². The van der Waals surface area contributed by atoms with Crippen LogP contribution in [-0.4, -0.2) is 5.78 Å². The third kappa shape index (κ3) is 3.77. The van der Waals surface area contributed by atoms with Gasteiger partial charge in [-0.3, -0.25) is 4.79 Å². The van der Waals surface area contributed by atoms with Crippen LogP contribution in [0.4, 0.5) is 0 Å². The Morgan fingerprint density at radius 3 is 2.70 bits per heavy atom. The molecule has 152 valence electrons. The van der Waals surface area contributed by atoms with E-state index in [-0.39, 0.29) is 23.8 Å². The zero-order valence-electron chi connectivity index (χ0n) is 16.0. The van der Waals surface area contributed by atoms with Crippen LogP contribution in [0.1, 0.15) is 36.3 Å². The molecule has 2 aromatic rings. The Labute approximate surface area is 184 Å². The second-order valence-corrected chi connectivity index (χ2v) is 7.92. The van der Waals surface area contributed by atoms with Crippen LogP contribution < -0.4 is 10.5 Å². The predicted octanol–water partition coefficient (Wildman–Crippen LogP) is 5.39. The van der Waals surface area contributed by atoms with E-state index in [1.807, 2.05) is 18.2 Å². The molecular weight excluding hydrogens is 423 g/mol. The molecule has 2 aromatic carbocycles. The van der Waals surface area contributed by atoms with Crippen LogP contribution in [0.3, 0.4) is 0 Å². The van der Waals surface area contributed by atoms with Gasteiger partial charge in [0.2, 0.25) is 5.88 Å². The largest absolute Gasteiger partial charge is 0.487 e. The van der Waals surface area contributed by atoms with Gasteiger partial charge >= 0.3 is 0 Å². The van der Waals surface area contributed by atoms with Gasteiger partial charge in [0.25, 0.3) is 0 Å². The molecule has 1 atom stereocenters. The average molecular weight is 441 g/mol. The van der Waals surface area contributed by atoms with Crippen LogP contribution in [0.15, 0.2) is 65.3 Å². The number of carbonyl (C=O) groups excluding carboxylic acids is 1. The molecule has 1 aliphatic carbocycles. The van der Waals surface area contributed by atoms with Gasteiger partial charge in [-0.2, -0.15) is 5.26 Å². The Balaban J connectivity index is 1.66. The Morgan fingerprint density at radius 1 is 1.17 bits per heavy atom. The van der Waals surface area contributed by atoms with Crippen molar-refractivity contribution in [1.29, 1.82) is 5.26 Å². The van der Waals surface area contributed by atoms with Crippen molar-refractivity contribution >= 4 is 29.0 Å². The Morgan fingerprint density at radius 2 is 1.97 bits per heavy atom. The van der Waals surface area contributed by atoms with Gasteiger partial charge in [-0.05, 0) is 30.2 Å². The standard InChI is InChI=1S/C23H18Cl2N2O3/c24-16-5-2-1-4-14(16)12-29-19-9-8-13(10-17(19)25)21-15(11-26)23(27)30-20-7-3-6-18(28)22(20)21/h1-2,4-5,8-10,21H,3,6-7,12,27H2/t21-/m0/s1. The lowest BCUT2D eigenvalue weighted by Gasteiger charge is -2.31. The third-order valence-electron chi connectivity index (χ3n) is 5.24. The summed E-state index contributed by atoms with van der Waals surface area (Å²) in [6, 6.07) is 14.7. The van der Waals surface area contributed by atoms with Gasteiger partial charge in [-0.1, -0.05) is 47.5 Å². The number of ketones is 1. The fourth-order valence-corrected chi connectivity index (χ4v) is 4.21. The van der Waals surface area contributed by atoms with Crippen LogP contribution in [0.5, 0.6) is 5.75 Å². The third-order valence-corrected chi connectivity index (χ3v) is 5.90. The lowest BCUT2D eigenvalue weighted by molar-refractivity contribution is -0.116. The van der Waals surface area contributed by atoms with Gasteiger partial charge in [-0.15, -0.1) is 0 Å². The first-order chi connectivity index (χ1) is 14.5. The van der Waals surface area contributed by atoms with Crippen LogP contribution >= 0.6 is 23.2 Å². The number of hydrogen-bond donors (Lipinski definition) is 1. The van der Waals surface area contributed by atoms with E-state index < -0.39 is 5.92 Å². The van der Waals surface area contributed by atoms with Crippen LogP contribution in [0.2, 0.25) is 10.0 Å². The predicted molar refractivity (Wildman–Crippen MR) is 114 cm³/mol. The molecule has 4 rings (SSSR count). The molecule has 0 fully saturated rings. The highest BCUT2D eigenvalue weighted by molar-refractivity contribution is 6.32. The summed E-state index contributed by atoms with van der Waals surface area (Å²) in [5, 5.41) is 10.6. The SMILES string of the molecule is N#CC1=C(N)OC2=C(C(=O)CCC2)[C@H]1c1ccc(OCc2ccccc2Cl)c(Cl)c1. The van der Waals surface area contributed by atoms with Gasteiger partial charge in [-0.25, -0.2) is 0 Å². The monoisotopic (exact) mass is 440 g/mol. The molecule has 0 bridgehead atoms. The number of nitrogens with two attached hydrogens (primary N) is 1. The minimum atomic E-state index is -0.596. The summed E-state index contributed by atoms with van der Waals surface area (Å²) in [6.45, 7) is 0.264. The number of benzene rings is 2. The quantitative estimate of drug-likeness (QED) is 0.688. The molecule has 2 N–H and O–H groups in total. The van der Waals surface area contributed by atoms with Crippen molar-refractivity contribution in [1.82, 2.24) is 0 Å². The van der Waals surface area contributed by atoms with Crippen molar-refractivity contribution < 1.29 is 14.3 Å². The molecule has 0 aromatic heterocycles. The summed E-state index contributed by atoms with van der Waals surface area (Å²) < 4.78 is 11.4. The second kappa shape index (κ2) is 8.43. The number of halogens is 2. The topological polar surface area (TPSA) is 85.3 Å². The maximum absolute atomic E-state index is 12.6. The smallest absolute Gasteiger partial charge is 0.205 e. The maximum atomic E-state index is 12.6. The van der Waals surface area contributed by atoms with Gasteiger partial charge < -0.3 is 15.2 Å². The molecule has 0 spiro atoms. The summed E-state index contributed by atoms with van der Waals surface area (Å²) in [5.41, 5.74) is 8.22. The number of hydrogen-bond acceptors (Lipinski definition) is 5. The highest BCUT2D eigenvalue weighted by Gasteiger charge is 2.38. The Bertz CT molecular complexity index is 1130. The van der Waals surface area contributed by atoms with Crippen molar-refractivity contribution in [3.8, 4) is 11.8 Å². The number of nitriles is 1. The minimum Gasteiger partial charge on any atom is -0.487 e. The summed E-state index contributed by atoms with van der Waals surface area (Å²) in [7, 11) is 0. The van der Waals surface area contributed by atoms with E-state index in [4.69, 9.17) is 38.4 Å². The molecule has 0 saturated heterocycles.